The maximum Gasteiger partial charge on any atom is 0.312 e. The summed E-state index contributed by atoms with van der Waals surface area (Å²) in [5.74, 6) is -2.91. The molecule has 3 saturated heterocycles. The standard InChI is InChI=1S/C35H49BrN2O6/c1-8-10-11-15-19-43-32(42)26-27-30(40)38(25(21-39)23-16-13-12-14-17-23)29(35(27)20-24(36)28(26)44-35)31(41)37(18-9-2)34(6,7)22-33(3,4)5/h8-9,12-14,16-17,24-29,39H,1-2,10-11,15,18-22H2,3-7H3/t24?,25-,26+,27+,28+,29?,35?/m1/s1. The average Bonchev–Trinajstić information content (AvgIpc) is 3.54. The minimum Gasteiger partial charge on any atom is -0.465 e. The second kappa shape index (κ2) is 13.5. The molecule has 4 rings (SSSR count). The molecule has 3 unspecified atom stereocenters. The molecule has 0 radical (unpaired) electrons. The predicted octanol–water partition coefficient (Wildman–Crippen LogP) is 5.60. The minimum atomic E-state index is -1.26. The zero-order valence-corrected chi connectivity index (χ0v) is 28.4. The lowest BCUT2D eigenvalue weighted by Gasteiger charge is -2.46. The van der Waals surface area contributed by atoms with Crippen molar-refractivity contribution < 1.29 is 29.0 Å². The number of esters is 1. The van der Waals surface area contributed by atoms with Crippen molar-refractivity contribution in [1.29, 1.82) is 0 Å². The number of nitrogens with zero attached hydrogens (tertiary/aromatic N) is 2. The number of alkyl halides is 1. The van der Waals surface area contributed by atoms with Gasteiger partial charge in [-0.15, -0.1) is 13.2 Å². The van der Waals surface area contributed by atoms with Crippen molar-refractivity contribution in [2.75, 3.05) is 19.8 Å². The maximum atomic E-state index is 15.0. The van der Waals surface area contributed by atoms with Gasteiger partial charge in [0.2, 0.25) is 11.8 Å². The highest BCUT2D eigenvalue weighted by molar-refractivity contribution is 9.09. The van der Waals surface area contributed by atoms with Crippen LogP contribution in [-0.4, -0.2) is 80.6 Å². The number of halogens is 1. The molecule has 3 aliphatic rings. The van der Waals surface area contributed by atoms with Gasteiger partial charge in [0.05, 0.1) is 37.2 Å². The van der Waals surface area contributed by atoms with Crippen LogP contribution in [0.25, 0.3) is 0 Å². The number of benzene rings is 1. The Bertz CT molecular complexity index is 1230. The average molecular weight is 674 g/mol. The van der Waals surface area contributed by atoms with Crippen molar-refractivity contribution in [3.05, 3.63) is 61.2 Å². The molecule has 3 heterocycles. The summed E-state index contributed by atoms with van der Waals surface area (Å²) in [4.78, 5) is 46.4. The van der Waals surface area contributed by atoms with Gasteiger partial charge in [-0.2, -0.15) is 0 Å². The summed E-state index contributed by atoms with van der Waals surface area (Å²) in [6.07, 6.45) is 6.35. The molecule has 8 nitrogen and oxygen atoms in total. The number of aliphatic hydroxyl groups excluding tert-OH is 1. The van der Waals surface area contributed by atoms with E-state index in [4.69, 9.17) is 9.47 Å². The Hall–Kier alpha value is -2.49. The van der Waals surface area contributed by atoms with E-state index in [1.54, 1.807) is 11.0 Å². The van der Waals surface area contributed by atoms with E-state index in [1.165, 1.54) is 4.90 Å². The van der Waals surface area contributed by atoms with Crippen LogP contribution >= 0.6 is 15.9 Å². The van der Waals surface area contributed by atoms with Gasteiger partial charge in [-0.3, -0.25) is 14.4 Å². The van der Waals surface area contributed by atoms with Crippen molar-refractivity contribution in [2.45, 2.75) is 101 Å². The second-order valence-corrected chi connectivity index (χ2v) is 15.4. The summed E-state index contributed by atoms with van der Waals surface area (Å²) in [6, 6.07) is 7.36. The van der Waals surface area contributed by atoms with Gasteiger partial charge in [-0.1, -0.05) is 79.2 Å². The number of likely N-dealkylation sites (tertiary alicyclic amines) is 1. The topological polar surface area (TPSA) is 96.4 Å². The highest BCUT2D eigenvalue weighted by Gasteiger charge is 2.78. The monoisotopic (exact) mass is 672 g/mol. The number of amides is 2. The van der Waals surface area contributed by atoms with Crippen LogP contribution in [0.3, 0.4) is 0 Å². The summed E-state index contributed by atoms with van der Waals surface area (Å²) in [5.41, 5.74) is -1.24. The van der Waals surface area contributed by atoms with Gasteiger partial charge in [0, 0.05) is 16.9 Å². The molecule has 1 spiro atoms. The van der Waals surface area contributed by atoms with Crippen LogP contribution in [0.4, 0.5) is 0 Å². The van der Waals surface area contributed by atoms with E-state index >= 15 is 4.79 Å². The normalized spacial score (nSPS) is 28.5. The number of fused-ring (bicyclic) bond motifs is 1. The number of unbranched alkanes of at least 4 members (excludes halogenated alkanes) is 2. The van der Waals surface area contributed by atoms with E-state index in [1.807, 2.05) is 50.3 Å². The SMILES string of the molecule is C=CCCCCOC(=O)[C@H]1[C@H]2C(=O)N([C@H](CO)c3ccccc3)C(C(=O)N(CC=C)C(C)(C)CC(C)(C)C)C23CC(Br)[C@@H]1O3. The maximum absolute atomic E-state index is 15.0. The fourth-order valence-electron chi connectivity index (χ4n) is 7.95. The number of aliphatic hydroxyl groups is 1. The molecule has 0 aromatic heterocycles. The first-order valence-electron chi connectivity index (χ1n) is 15.7. The van der Waals surface area contributed by atoms with Crippen molar-refractivity contribution >= 4 is 33.7 Å². The first-order chi connectivity index (χ1) is 20.7. The lowest BCUT2D eigenvalue weighted by Crippen LogP contribution is -2.61. The first kappa shape index (κ1) is 34.4. The molecular weight excluding hydrogens is 624 g/mol. The molecule has 0 aliphatic carbocycles. The van der Waals surface area contributed by atoms with E-state index < -0.39 is 53.7 Å². The number of rotatable bonds is 14. The third kappa shape index (κ3) is 6.42. The summed E-state index contributed by atoms with van der Waals surface area (Å²) in [5, 5.41) is 10.8. The Kier molecular flexibility index (Phi) is 10.5. The molecule has 2 bridgehead atoms. The number of allylic oxidation sites excluding steroid dienone is 1. The molecule has 3 fully saturated rings. The first-order valence-corrected chi connectivity index (χ1v) is 16.7. The molecule has 44 heavy (non-hydrogen) atoms. The lowest BCUT2D eigenvalue weighted by atomic mass is 9.70. The van der Waals surface area contributed by atoms with E-state index in [9.17, 15) is 14.7 Å². The summed E-state index contributed by atoms with van der Waals surface area (Å²) < 4.78 is 12.4. The number of carbonyl (C=O) groups is 3. The molecule has 9 heteroatoms. The third-order valence-corrected chi connectivity index (χ3v) is 10.1. The molecule has 1 aromatic rings. The molecule has 2 amide bonds. The third-order valence-electron chi connectivity index (χ3n) is 9.24. The Morgan fingerprint density at radius 3 is 2.45 bits per heavy atom. The summed E-state index contributed by atoms with van der Waals surface area (Å²) >= 11 is 3.74. The van der Waals surface area contributed by atoms with Crippen LogP contribution in [0, 0.1) is 17.3 Å². The van der Waals surface area contributed by atoms with Gasteiger partial charge in [0.15, 0.2) is 0 Å². The predicted molar refractivity (Wildman–Crippen MR) is 174 cm³/mol. The number of carbonyl (C=O) groups excluding carboxylic acids is 3. The van der Waals surface area contributed by atoms with Gasteiger partial charge >= 0.3 is 5.97 Å². The highest BCUT2D eigenvalue weighted by atomic mass is 79.9. The van der Waals surface area contributed by atoms with Crippen molar-refractivity contribution in [1.82, 2.24) is 9.80 Å². The Balaban J connectivity index is 1.80. The van der Waals surface area contributed by atoms with Gasteiger partial charge in [-0.05, 0) is 56.9 Å². The van der Waals surface area contributed by atoms with Crippen LogP contribution in [-0.2, 0) is 23.9 Å². The van der Waals surface area contributed by atoms with Crippen LogP contribution in [0.1, 0.15) is 78.3 Å². The van der Waals surface area contributed by atoms with E-state index in [0.717, 1.165) is 12.8 Å². The molecule has 7 atom stereocenters. The van der Waals surface area contributed by atoms with E-state index in [2.05, 4.69) is 49.9 Å². The second-order valence-electron chi connectivity index (χ2n) is 14.3. The Labute approximate surface area is 271 Å². The van der Waals surface area contributed by atoms with Crippen LogP contribution < -0.4 is 0 Å². The molecule has 1 N–H and O–H groups in total. The Morgan fingerprint density at radius 2 is 1.86 bits per heavy atom. The van der Waals surface area contributed by atoms with Gasteiger partial charge in [0.1, 0.15) is 11.6 Å². The number of hydrogen-bond acceptors (Lipinski definition) is 6. The Morgan fingerprint density at radius 1 is 1.18 bits per heavy atom. The summed E-state index contributed by atoms with van der Waals surface area (Å²) in [6.45, 7) is 18.2. The van der Waals surface area contributed by atoms with Crippen molar-refractivity contribution in [2.24, 2.45) is 17.3 Å². The highest BCUT2D eigenvalue weighted by Crippen LogP contribution is 2.61. The van der Waals surface area contributed by atoms with Gasteiger partial charge in [0.25, 0.3) is 0 Å². The molecule has 242 valence electrons. The van der Waals surface area contributed by atoms with Crippen molar-refractivity contribution in [3.63, 3.8) is 0 Å². The van der Waals surface area contributed by atoms with Crippen LogP contribution in [0.5, 0.6) is 0 Å². The number of ether oxygens (including phenoxy) is 2. The fraction of sp³-hybridized carbons (Fsp3) is 0.629. The lowest BCUT2D eigenvalue weighted by molar-refractivity contribution is -0.158. The zero-order valence-electron chi connectivity index (χ0n) is 26.8. The van der Waals surface area contributed by atoms with Gasteiger partial charge < -0.3 is 24.4 Å². The van der Waals surface area contributed by atoms with Crippen molar-refractivity contribution in [3.8, 4) is 0 Å². The molecule has 3 aliphatic heterocycles. The minimum absolute atomic E-state index is 0.0866. The summed E-state index contributed by atoms with van der Waals surface area (Å²) in [7, 11) is 0. The van der Waals surface area contributed by atoms with Gasteiger partial charge in [-0.25, -0.2) is 0 Å². The van der Waals surface area contributed by atoms with Crippen LogP contribution in [0.15, 0.2) is 55.6 Å². The fourth-order valence-corrected chi connectivity index (χ4v) is 8.89. The quantitative estimate of drug-likeness (QED) is 0.120. The molecule has 0 saturated carbocycles. The smallest absolute Gasteiger partial charge is 0.312 e. The molecule has 1 aromatic carbocycles. The van der Waals surface area contributed by atoms with Crippen LogP contribution in [0.2, 0.25) is 0 Å². The zero-order chi connectivity index (χ0) is 32.4. The van der Waals surface area contributed by atoms with E-state index in [-0.39, 0.29) is 35.2 Å². The van der Waals surface area contributed by atoms with E-state index in [0.29, 0.717) is 24.8 Å². The molecular formula is C35H49BrN2O6. The number of hydrogen-bond donors (Lipinski definition) is 1. The largest absolute Gasteiger partial charge is 0.465 e.